The summed E-state index contributed by atoms with van der Waals surface area (Å²) in [7, 11) is 0. The molecule has 2 rings (SSSR count). The molecule has 1 saturated carbocycles. The van der Waals surface area contributed by atoms with Crippen molar-refractivity contribution >= 4 is 11.6 Å². The lowest BCUT2D eigenvalue weighted by atomic mass is 9.94. The van der Waals surface area contributed by atoms with Crippen molar-refractivity contribution in [1.29, 1.82) is 0 Å². The maximum absolute atomic E-state index is 13.1. The minimum absolute atomic E-state index is 0.168. The summed E-state index contributed by atoms with van der Waals surface area (Å²) >= 11 is 6.28. The Balaban J connectivity index is 1.94. The van der Waals surface area contributed by atoms with Crippen LogP contribution < -0.4 is 5.32 Å². The third kappa shape index (κ3) is 3.43. The highest BCUT2D eigenvalue weighted by Crippen LogP contribution is 2.23. The number of benzene rings is 1. The Morgan fingerprint density at radius 1 is 1.35 bits per heavy atom. The molecular formula is C14H19ClFN. The van der Waals surface area contributed by atoms with Crippen LogP contribution in [-0.2, 0) is 6.54 Å². The summed E-state index contributed by atoms with van der Waals surface area (Å²) in [6.07, 6.45) is 4.68. The van der Waals surface area contributed by atoms with Crippen LogP contribution in [0.1, 0.15) is 36.8 Å². The van der Waals surface area contributed by atoms with Gasteiger partial charge in [0.1, 0.15) is 5.82 Å². The fraction of sp³-hybridized carbons (Fsp3) is 0.571. The topological polar surface area (TPSA) is 12.0 Å². The molecule has 1 nitrogen and oxygen atoms in total. The Morgan fingerprint density at radius 2 is 2.12 bits per heavy atom. The van der Waals surface area contributed by atoms with Crippen molar-refractivity contribution < 1.29 is 4.39 Å². The molecule has 0 aliphatic heterocycles. The number of aryl methyl sites for hydroxylation is 1. The molecule has 94 valence electrons. The number of rotatable bonds is 3. The Bertz CT molecular complexity index is 380. The highest BCUT2D eigenvalue weighted by molar-refractivity contribution is 6.21. The van der Waals surface area contributed by atoms with Gasteiger partial charge in [0, 0.05) is 18.0 Å². The molecule has 3 heteroatoms. The zero-order valence-electron chi connectivity index (χ0n) is 10.2. The first kappa shape index (κ1) is 12.8. The number of halogens is 2. The molecule has 0 amide bonds. The molecule has 1 fully saturated rings. The molecule has 0 bridgehead atoms. The third-order valence-corrected chi connectivity index (χ3v) is 4.07. The monoisotopic (exact) mass is 255 g/mol. The Kier molecular flexibility index (Phi) is 4.41. The molecule has 0 heterocycles. The van der Waals surface area contributed by atoms with Gasteiger partial charge in [0.25, 0.3) is 0 Å². The van der Waals surface area contributed by atoms with Crippen molar-refractivity contribution in [1.82, 2.24) is 5.32 Å². The summed E-state index contributed by atoms with van der Waals surface area (Å²) in [5.41, 5.74) is 2.15. The minimum atomic E-state index is -0.168. The summed E-state index contributed by atoms with van der Waals surface area (Å²) in [5.74, 6) is -0.168. The van der Waals surface area contributed by atoms with E-state index in [1.54, 1.807) is 6.07 Å². The Morgan fingerprint density at radius 3 is 2.88 bits per heavy atom. The van der Waals surface area contributed by atoms with E-state index in [1.807, 2.05) is 13.0 Å². The molecule has 2 unspecified atom stereocenters. The molecule has 2 atom stereocenters. The normalized spacial score (nSPS) is 24.9. The average Bonchev–Trinajstić information content (AvgIpc) is 2.32. The van der Waals surface area contributed by atoms with Crippen LogP contribution >= 0.6 is 11.6 Å². The van der Waals surface area contributed by atoms with Crippen molar-refractivity contribution in [3.63, 3.8) is 0 Å². The van der Waals surface area contributed by atoms with Crippen LogP contribution in [0.3, 0.4) is 0 Å². The van der Waals surface area contributed by atoms with Crippen LogP contribution in [0.5, 0.6) is 0 Å². The van der Waals surface area contributed by atoms with Crippen molar-refractivity contribution in [2.45, 2.75) is 50.6 Å². The molecule has 1 aromatic carbocycles. The predicted molar refractivity (Wildman–Crippen MR) is 69.9 cm³/mol. The van der Waals surface area contributed by atoms with E-state index in [2.05, 4.69) is 5.32 Å². The molecule has 0 spiro atoms. The molecule has 1 aliphatic carbocycles. The van der Waals surface area contributed by atoms with Crippen molar-refractivity contribution in [2.75, 3.05) is 0 Å². The van der Waals surface area contributed by atoms with Gasteiger partial charge in [0.05, 0.1) is 0 Å². The molecule has 0 radical (unpaired) electrons. The van der Waals surface area contributed by atoms with E-state index < -0.39 is 0 Å². The Hall–Kier alpha value is -0.600. The predicted octanol–water partition coefficient (Wildman–Crippen LogP) is 3.77. The first-order chi connectivity index (χ1) is 8.16. The molecule has 1 aliphatic rings. The molecule has 1 N–H and O–H groups in total. The van der Waals surface area contributed by atoms with Gasteiger partial charge >= 0.3 is 0 Å². The van der Waals surface area contributed by atoms with Gasteiger partial charge in [-0.3, -0.25) is 0 Å². The fourth-order valence-corrected chi connectivity index (χ4v) is 2.76. The van der Waals surface area contributed by atoms with Crippen LogP contribution in [0.4, 0.5) is 4.39 Å². The SMILES string of the molecule is Cc1ccc(F)cc1CNC1CCCCC1Cl. The van der Waals surface area contributed by atoms with Gasteiger partial charge in [-0.2, -0.15) is 0 Å². The van der Waals surface area contributed by atoms with Crippen molar-refractivity contribution in [3.8, 4) is 0 Å². The molecule has 17 heavy (non-hydrogen) atoms. The lowest BCUT2D eigenvalue weighted by molar-refractivity contribution is 0.378. The standard InChI is InChI=1S/C14H19ClFN/c1-10-6-7-12(16)8-11(10)9-17-14-5-3-2-4-13(14)15/h6-8,13-14,17H,2-5,9H2,1H3. The zero-order chi connectivity index (χ0) is 12.3. The van der Waals surface area contributed by atoms with Crippen LogP contribution in [0, 0.1) is 12.7 Å². The van der Waals surface area contributed by atoms with Gasteiger partial charge in [-0.15, -0.1) is 11.6 Å². The second kappa shape index (κ2) is 5.83. The second-order valence-corrected chi connectivity index (χ2v) is 5.42. The van der Waals surface area contributed by atoms with Crippen LogP contribution in [0.2, 0.25) is 0 Å². The second-order valence-electron chi connectivity index (χ2n) is 4.86. The molecule has 0 aromatic heterocycles. The van der Waals surface area contributed by atoms with Gasteiger partial charge < -0.3 is 5.32 Å². The van der Waals surface area contributed by atoms with E-state index in [0.29, 0.717) is 12.6 Å². The van der Waals surface area contributed by atoms with Gasteiger partial charge in [-0.1, -0.05) is 18.9 Å². The average molecular weight is 256 g/mol. The first-order valence-electron chi connectivity index (χ1n) is 6.29. The van der Waals surface area contributed by atoms with Crippen LogP contribution in [-0.4, -0.2) is 11.4 Å². The summed E-state index contributed by atoms with van der Waals surface area (Å²) in [6, 6.07) is 5.30. The number of alkyl halides is 1. The van der Waals surface area contributed by atoms with Crippen LogP contribution in [0.25, 0.3) is 0 Å². The molecule has 0 saturated heterocycles. The van der Waals surface area contributed by atoms with E-state index in [4.69, 9.17) is 11.6 Å². The summed E-state index contributed by atoms with van der Waals surface area (Å²) in [5, 5.41) is 3.68. The van der Waals surface area contributed by atoms with Crippen molar-refractivity contribution in [3.05, 3.63) is 35.1 Å². The maximum Gasteiger partial charge on any atom is 0.123 e. The maximum atomic E-state index is 13.1. The lowest BCUT2D eigenvalue weighted by Gasteiger charge is -2.28. The number of hydrogen-bond acceptors (Lipinski definition) is 1. The molecule has 1 aromatic rings. The van der Waals surface area contributed by atoms with E-state index in [1.165, 1.54) is 18.9 Å². The quantitative estimate of drug-likeness (QED) is 0.811. The largest absolute Gasteiger partial charge is 0.308 e. The van der Waals surface area contributed by atoms with Crippen LogP contribution in [0.15, 0.2) is 18.2 Å². The van der Waals surface area contributed by atoms with E-state index in [0.717, 1.165) is 24.0 Å². The molecular weight excluding hydrogens is 237 g/mol. The van der Waals surface area contributed by atoms with E-state index >= 15 is 0 Å². The minimum Gasteiger partial charge on any atom is -0.308 e. The summed E-state index contributed by atoms with van der Waals surface area (Å²) in [4.78, 5) is 0. The number of nitrogens with one attached hydrogen (secondary N) is 1. The Labute approximate surface area is 107 Å². The zero-order valence-corrected chi connectivity index (χ0v) is 10.9. The summed E-state index contributed by atoms with van der Waals surface area (Å²) < 4.78 is 13.1. The van der Waals surface area contributed by atoms with E-state index in [9.17, 15) is 4.39 Å². The fourth-order valence-electron chi connectivity index (χ4n) is 2.39. The highest BCUT2D eigenvalue weighted by Gasteiger charge is 2.22. The summed E-state index contributed by atoms with van der Waals surface area (Å²) in [6.45, 7) is 2.72. The van der Waals surface area contributed by atoms with Gasteiger partial charge in [0.15, 0.2) is 0 Å². The third-order valence-electron chi connectivity index (χ3n) is 3.55. The van der Waals surface area contributed by atoms with E-state index in [-0.39, 0.29) is 11.2 Å². The smallest absolute Gasteiger partial charge is 0.123 e. The lowest BCUT2D eigenvalue weighted by Crippen LogP contribution is -2.38. The first-order valence-corrected chi connectivity index (χ1v) is 6.73. The van der Waals surface area contributed by atoms with Gasteiger partial charge in [-0.25, -0.2) is 4.39 Å². The van der Waals surface area contributed by atoms with Gasteiger partial charge in [-0.05, 0) is 43.0 Å². The van der Waals surface area contributed by atoms with Gasteiger partial charge in [0.2, 0.25) is 0 Å². The number of hydrogen-bond donors (Lipinski definition) is 1. The van der Waals surface area contributed by atoms with Crippen molar-refractivity contribution in [2.24, 2.45) is 0 Å². The highest BCUT2D eigenvalue weighted by atomic mass is 35.5.